The summed E-state index contributed by atoms with van der Waals surface area (Å²) in [7, 11) is 4.93. The fourth-order valence-corrected chi connectivity index (χ4v) is 4.45. The molecule has 0 unspecified atom stereocenters. The first-order valence-electron chi connectivity index (χ1n) is 7.94. The Morgan fingerprint density at radius 3 is 2.62 bits per heavy atom. The van der Waals surface area contributed by atoms with E-state index in [2.05, 4.69) is 15.0 Å². The SMILES string of the molecule is COCc1nc(OC)c2c(C)c(C(=O)N(C)Cc3csc(C)n3)sc2n1. The highest BCUT2D eigenvalue weighted by molar-refractivity contribution is 7.20. The molecular formula is C17H20N4O3S2. The molecule has 0 fully saturated rings. The van der Waals surface area contributed by atoms with Crippen LogP contribution in [0.15, 0.2) is 5.38 Å². The van der Waals surface area contributed by atoms with Crippen molar-refractivity contribution in [3.63, 3.8) is 0 Å². The second-order valence-electron chi connectivity index (χ2n) is 5.84. The number of rotatable bonds is 6. The fraction of sp³-hybridized carbons (Fsp3) is 0.412. The van der Waals surface area contributed by atoms with E-state index in [0.29, 0.717) is 23.1 Å². The second-order valence-corrected chi connectivity index (χ2v) is 7.90. The highest BCUT2D eigenvalue weighted by Crippen LogP contribution is 2.35. The molecule has 7 nitrogen and oxygen atoms in total. The van der Waals surface area contributed by atoms with Gasteiger partial charge in [-0.05, 0) is 19.4 Å². The van der Waals surface area contributed by atoms with E-state index >= 15 is 0 Å². The molecule has 0 atom stereocenters. The third kappa shape index (κ3) is 3.55. The van der Waals surface area contributed by atoms with Gasteiger partial charge in [-0.3, -0.25) is 4.79 Å². The Balaban J connectivity index is 1.96. The Bertz CT molecular complexity index is 951. The number of carbonyl (C=O) groups excluding carboxylic acids is 1. The molecule has 0 aliphatic rings. The van der Waals surface area contributed by atoms with Crippen molar-refractivity contribution in [1.82, 2.24) is 19.9 Å². The number of nitrogens with zero attached hydrogens (tertiary/aromatic N) is 4. The maximum absolute atomic E-state index is 13.0. The van der Waals surface area contributed by atoms with Crippen LogP contribution < -0.4 is 4.74 Å². The molecule has 0 radical (unpaired) electrons. The van der Waals surface area contributed by atoms with Crippen LogP contribution in [0.1, 0.15) is 31.8 Å². The summed E-state index contributed by atoms with van der Waals surface area (Å²) < 4.78 is 10.5. The number of hydrogen-bond donors (Lipinski definition) is 0. The largest absolute Gasteiger partial charge is 0.480 e. The second kappa shape index (κ2) is 7.65. The smallest absolute Gasteiger partial charge is 0.264 e. The first-order valence-corrected chi connectivity index (χ1v) is 9.63. The van der Waals surface area contributed by atoms with Crippen molar-refractivity contribution in [2.75, 3.05) is 21.3 Å². The summed E-state index contributed by atoms with van der Waals surface area (Å²) >= 11 is 2.93. The average Bonchev–Trinajstić information content (AvgIpc) is 3.17. The summed E-state index contributed by atoms with van der Waals surface area (Å²) in [6.45, 7) is 4.60. The lowest BCUT2D eigenvalue weighted by molar-refractivity contribution is 0.0788. The summed E-state index contributed by atoms with van der Waals surface area (Å²) in [5.41, 5.74) is 1.72. The van der Waals surface area contributed by atoms with Crippen molar-refractivity contribution in [3.8, 4) is 5.88 Å². The van der Waals surface area contributed by atoms with Crippen molar-refractivity contribution in [2.45, 2.75) is 27.0 Å². The van der Waals surface area contributed by atoms with E-state index < -0.39 is 0 Å². The summed E-state index contributed by atoms with van der Waals surface area (Å²) in [5.74, 6) is 0.933. The van der Waals surface area contributed by atoms with E-state index in [1.54, 1.807) is 37.5 Å². The maximum Gasteiger partial charge on any atom is 0.264 e. The lowest BCUT2D eigenvalue weighted by Gasteiger charge is -2.15. The minimum absolute atomic E-state index is 0.0634. The van der Waals surface area contributed by atoms with Gasteiger partial charge in [0.1, 0.15) is 11.4 Å². The molecular weight excluding hydrogens is 372 g/mol. The zero-order valence-electron chi connectivity index (χ0n) is 15.3. The number of carbonyl (C=O) groups is 1. The number of hydrogen-bond acceptors (Lipinski definition) is 8. The molecule has 0 aromatic carbocycles. The topological polar surface area (TPSA) is 77.4 Å². The van der Waals surface area contributed by atoms with Crippen LogP contribution in [0.4, 0.5) is 0 Å². The van der Waals surface area contributed by atoms with Crippen LogP contribution in [-0.4, -0.2) is 47.0 Å². The number of thiazole rings is 1. The monoisotopic (exact) mass is 392 g/mol. The van der Waals surface area contributed by atoms with Crippen LogP contribution in [0.5, 0.6) is 5.88 Å². The molecule has 3 aromatic rings. The molecule has 0 aliphatic heterocycles. The number of thiophene rings is 1. The van der Waals surface area contributed by atoms with Gasteiger partial charge in [0.05, 0.1) is 34.6 Å². The average molecular weight is 393 g/mol. The number of aromatic nitrogens is 3. The third-order valence-corrected chi connectivity index (χ3v) is 5.87. The van der Waals surface area contributed by atoms with Gasteiger partial charge in [-0.15, -0.1) is 22.7 Å². The van der Waals surface area contributed by atoms with E-state index in [1.165, 1.54) is 11.3 Å². The predicted octanol–water partition coefficient (Wildman–Crippen LogP) is 3.19. The molecule has 0 aliphatic carbocycles. The molecule has 3 aromatic heterocycles. The first kappa shape index (κ1) is 18.7. The number of methoxy groups -OCH3 is 2. The van der Waals surface area contributed by atoms with Crippen LogP contribution in [0.3, 0.4) is 0 Å². The molecule has 1 amide bonds. The summed E-state index contributed by atoms with van der Waals surface area (Å²) in [6.07, 6.45) is 0. The van der Waals surface area contributed by atoms with Crippen LogP contribution >= 0.6 is 22.7 Å². The molecule has 138 valence electrons. The minimum atomic E-state index is -0.0634. The molecule has 9 heteroatoms. The van der Waals surface area contributed by atoms with Crippen molar-refractivity contribution in [3.05, 3.63) is 32.3 Å². The van der Waals surface area contributed by atoms with Gasteiger partial charge >= 0.3 is 0 Å². The van der Waals surface area contributed by atoms with Gasteiger partial charge in [0.2, 0.25) is 5.88 Å². The van der Waals surface area contributed by atoms with Gasteiger partial charge in [0.15, 0.2) is 5.82 Å². The minimum Gasteiger partial charge on any atom is -0.480 e. The third-order valence-electron chi connectivity index (χ3n) is 3.88. The quantitative estimate of drug-likeness (QED) is 0.641. The zero-order valence-corrected chi connectivity index (χ0v) is 17.0. The first-order chi connectivity index (χ1) is 12.4. The van der Waals surface area contributed by atoms with E-state index in [0.717, 1.165) is 26.5 Å². The number of ether oxygens (including phenoxy) is 2. The maximum atomic E-state index is 13.0. The van der Waals surface area contributed by atoms with Crippen molar-refractivity contribution in [2.24, 2.45) is 0 Å². The van der Waals surface area contributed by atoms with Gasteiger partial charge in [-0.2, -0.15) is 4.98 Å². The molecule has 0 saturated heterocycles. The Labute approximate surface area is 159 Å². The number of amides is 1. The zero-order chi connectivity index (χ0) is 18.8. The van der Waals surface area contributed by atoms with Crippen LogP contribution in [-0.2, 0) is 17.9 Å². The van der Waals surface area contributed by atoms with Gasteiger partial charge in [0.25, 0.3) is 5.91 Å². The van der Waals surface area contributed by atoms with Gasteiger partial charge in [0, 0.05) is 19.5 Å². The molecule has 0 saturated carbocycles. The number of aryl methyl sites for hydroxylation is 2. The van der Waals surface area contributed by atoms with Gasteiger partial charge in [-0.25, -0.2) is 9.97 Å². The Morgan fingerprint density at radius 2 is 2.00 bits per heavy atom. The normalized spacial score (nSPS) is 11.1. The van der Waals surface area contributed by atoms with Gasteiger partial charge in [-0.1, -0.05) is 0 Å². The van der Waals surface area contributed by atoms with Crippen LogP contribution in [0.25, 0.3) is 10.2 Å². The molecule has 0 spiro atoms. The van der Waals surface area contributed by atoms with E-state index in [1.807, 2.05) is 19.2 Å². The van der Waals surface area contributed by atoms with Crippen molar-refractivity contribution < 1.29 is 14.3 Å². The van der Waals surface area contributed by atoms with E-state index in [4.69, 9.17) is 9.47 Å². The Kier molecular flexibility index (Phi) is 5.49. The van der Waals surface area contributed by atoms with E-state index in [9.17, 15) is 4.79 Å². The van der Waals surface area contributed by atoms with Crippen molar-refractivity contribution >= 4 is 38.8 Å². The molecule has 3 rings (SSSR count). The highest BCUT2D eigenvalue weighted by Gasteiger charge is 2.23. The van der Waals surface area contributed by atoms with Gasteiger partial charge < -0.3 is 14.4 Å². The standard InChI is InChI=1S/C17H20N4O3S2/c1-9-13-15(24-5)19-12(7-23-4)20-16(13)26-14(9)17(22)21(3)6-11-8-25-10(2)18-11/h8H,6-7H2,1-5H3. The molecule has 3 heterocycles. The highest BCUT2D eigenvalue weighted by atomic mass is 32.1. The lowest BCUT2D eigenvalue weighted by atomic mass is 10.2. The summed E-state index contributed by atoms with van der Waals surface area (Å²) in [4.78, 5) is 29.3. The van der Waals surface area contributed by atoms with E-state index in [-0.39, 0.29) is 12.5 Å². The van der Waals surface area contributed by atoms with Crippen LogP contribution in [0.2, 0.25) is 0 Å². The number of fused-ring (bicyclic) bond motifs is 1. The molecule has 0 N–H and O–H groups in total. The summed E-state index contributed by atoms with van der Waals surface area (Å²) in [6, 6.07) is 0. The van der Waals surface area contributed by atoms with Crippen LogP contribution in [0, 0.1) is 13.8 Å². The summed E-state index contributed by atoms with van der Waals surface area (Å²) in [5, 5.41) is 3.74. The fourth-order valence-electron chi connectivity index (χ4n) is 2.66. The molecule has 26 heavy (non-hydrogen) atoms. The Hall–Kier alpha value is -2.10. The Morgan fingerprint density at radius 1 is 1.23 bits per heavy atom. The predicted molar refractivity (Wildman–Crippen MR) is 102 cm³/mol. The lowest BCUT2D eigenvalue weighted by Crippen LogP contribution is -2.26. The van der Waals surface area contributed by atoms with Crippen molar-refractivity contribution in [1.29, 1.82) is 0 Å². The molecule has 0 bridgehead atoms.